The van der Waals surface area contributed by atoms with Gasteiger partial charge in [-0.2, -0.15) is 0 Å². The predicted octanol–water partition coefficient (Wildman–Crippen LogP) is 3.68. The van der Waals surface area contributed by atoms with E-state index in [1.165, 1.54) is 11.1 Å². The smallest absolute Gasteiger partial charge is 0.317 e. The number of nitrogens with zero attached hydrogens (tertiary/aromatic N) is 2. The summed E-state index contributed by atoms with van der Waals surface area (Å²) in [6.45, 7) is 6.81. The van der Waals surface area contributed by atoms with E-state index in [0.29, 0.717) is 11.6 Å². The van der Waals surface area contributed by atoms with E-state index < -0.39 is 0 Å². The van der Waals surface area contributed by atoms with Crippen molar-refractivity contribution in [2.45, 2.75) is 20.0 Å². The first-order chi connectivity index (χ1) is 12.1. The Morgan fingerprint density at radius 2 is 1.84 bits per heavy atom. The first kappa shape index (κ1) is 17.8. The second kappa shape index (κ2) is 8.37. The Hall–Kier alpha value is -2.04. The Bertz CT molecular complexity index is 726. The molecule has 0 radical (unpaired) electrons. The molecule has 0 saturated carbocycles. The third-order valence-electron chi connectivity index (χ3n) is 4.54. The maximum absolute atomic E-state index is 12.3. The lowest BCUT2D eigenvalue weighted by Gasteiger charge is -2.34. The number of hydrogen-bond donors (Lipinski definition) is 1. The minimum atomic E-state index is -0.0184. The maximum atomic E-state index is 12.3. The van der Waals surface area contributed by atoms with Gasteiger partial charge in [0.2, 0.25) is 0 Å². The second-order valence-electron chi connectivity index (χ2n) is 6.50. The molecule has 0 unspecified atom stereocenters. The van der Waals surface area contributed by atoms with Crippen molar-refractivity contribution in [3.8, 4) is 0 Å². The average molecular weight is 358 g/mol. The van der Waals surface area contributed by atoms with Crippen LogP contribution in [0.1, 0.15) is 16.7 Å². The summed E-state index contributed by atoms with van der Waals surface area (Å²) < 4.78 is 0. The molecule has 0 spiro atoms. The number of aryl methyl sites for hydroxylation is 1. The molecule has 1 heterocycles. The van der Waals surface area contributed by atoms with Crippen molar-refractivity contribution in [1.82, 2.24) is 15.1 Å². The minimum Gasteiger partial charge on any atom is -0.334 e. The lowest BCUT2D eigenvalue weighted by Crippen LogP contribution is -2.51. The van der Waals surface area contributed by atoms with Gasteiger partial charge in [0, 0.05) is 44.3 Å². The summed E-state index contributed by atoms with van der Waals surface area (Å²) in [5, 5.41) is 3.65. The van der Waals surface area contributed by atoms with Gasteiger partial charge in [0.25, 0.3) is 0 Å². The Labute approximate surface area is 154 Å². The Balaban J connectivity index is 1.45. The highest BCUT2D eigenvalue weighted by molar-refractivity contribution is 6.31. The summed E-state index contributed by atoms with van der Waals surface area (Å²) in [5.41, 5.74) is 3.56. The molecule has 25 heavy (non-hydrogen) atoms. The first-order valence-electron chi connectivity index (χ1n) is 8.66. The third-order valence-corrected chi connectivity index (χ3v) is 4.90. The summed E-state index contributed by atoms with van der Waals surface area (Å²) in [6.07, 6.45) is 0. The number of rotatable bonds is 4. The van der Waals surface area contributed by atoms with Crippen LogP contribution in [0.15, 0.2) is 48.5 Å². The molecule has 0 aliphatic carbocycles. The van der Waals surface area contributed by atoms with E-state index in [9.17, 15) is 4.79 Å². The van der Waals surface area contributed by atoms with Crippen molar-refractivity contribution >= 4 is 17.6 Å². The molecule has 0 aromatic heterocycles. The van der Waals surface area contributed by atoms with E-state index in [4.69, 9.17) is 11.6 Å². The number of nitrogens with one attached hydrogen (secondary N) is 1. The minimum absolute atomic E-state index is 0.0184. The van der Waals surface area contributed by atoms with Crippen LogP contribution in [-0.4, -0.2) is 42.0 Å². The van der Waals surface area contributed by atoms with Crippen LogP contribution in [0, 0.1) is 6.92 Å². The van der Waals surface area contributed by atoms with E-state index in [2.05, 4.69) is 41.4 Å². The van der Waals surface area contributed by atoms with Crippen molar-refractivity contribution in [3.63, 3.8) is 0 Å². The number of amides is 2. The number of hydrogen-bond acceptors (Lipinski definition) is 2. The van der Waals surface area contributed by atoms with Gasteiger partial charge in [-0.1, -0.05) is 59.6 Å². The van der Waals surface area contributed by atoms with Crippen LogP contribution < -0.4 is 5.32 Å². The normalized spacial score (nSPS) is 15.2. The van der Waals surface area contributed by atoms with Crippen molar-refractivity contribution in [2.24, 2.45) is 0 Å². The van der Waals surface area contributed by atoms with Crippen LogP contribution in [0.4, 0.5) is 4.79 Å². The van der Waals surface area contributed by atoms with Crippen LogP contribution in [0.3, 0.4) is 0 Å². The Morgan fingerprint density at radius 3 is 2.56 bits per heavy atom. The molecule has 1 aliphatic rings. The van der Waals surface area contributed by atoms with Crippen LogP contribution >= 0.6 is 11.6 Å². The highest BCUT2D eigenvalue weighted by Gasteiger charge is 2.21. The molecule has 4 nitrogen and oxygen atoms in total. The molecule has 1 fully saturated rings. The van der Waals surface area contributed by atoms with Crippen molar-refractivity contribution in [1.29, 1.82) is 0 Å². The molecule has 2 aromatic rings. The number of benzene rings is 2. The molecular formula is C20H24ClN3O. The number of piperazine rings is 1. The van der Waals surface area contributed by atoms with Gasteiger partial charge in [-0.25, -0.2) is 4.79 Å². The molecule has 3 rings (SSSR count). The van der Waals surface area contributed by atoms with E-state index >= 15 is 0 Å². The van der Waals surface area contributed by atoms with Gasteiger partial charge in [-0.3, -0.25) is 4.90 Å². The lowest BCUT2D eigenvalue weighted by atomic mass is 10.1. The fraction of sp³-hybridized carbons (Fsp3) is 0.350. The Morgan fingerprint density at radius 1 is 1.08 bits per heavy atom. The average Bonchev–Trinajstić information content (AvgIpc) is 2.61. The molecule has 1 aliphatic heterocycles. The number of urea groups is 1. The van der Waals surface area contributed by atoms with E-state index in [0.717, 1.165) is 38.3 Å². The van der Waals surface area contributed by atoms with Crippen molar-refractivity contribution in [3.05, 3.63) is 70.2 Å². The number of carbonyl (C=O) groups is 1. The van der Waals surface area contributed by atoms with Crippen molar-refractivity contribution < 1.29 is 4.79 Å². The summed E-state index contributed by atoms with van der Waals surface area (Å²) in [5.74, 6) is 0. The molecule has 0 atom stereocenters. The monoisotopic (exact) mass is 357 g/mol. The summed E-state index contributed by atoms with van der Waals surface area (Å²) in [7, 11) is 0. The van der Waals surface area contributed by atoms with Gasteiger partial charge in [-0.15, -0.1) is 0 Å². The van der Waals surface area contributed by atoms with E-state index in [-0.39, 0.29) is 6.03 Å². The highest BCUT2D eigenvalue weighted by Crippen LogP contribution is 2.15. The molecule has 132 valence electrons. The quantitative estimate of drug-likeness (QED) is 0.906. The van der Waals surface area contributed by atoms with Gasteiger partial charge in [-0.05, 0) is 24.1 Å². The van der Waals surface area contributed by atoms with Gasteiger partial charge in [0.1, 0.15) is 0 Å². The molecule has 0 bridgehead atoms. The maximum Gasteiger partial charge on any atom is 0.317 e. The highest BCUT2D eigenvalue weighted by atomic mass is 35.5. The summed E-state index contributed by atoms with van der Waals surface area (Å²) in [6, 6.07) is 16.2. The van der Waals surface area contributed by atoms with E-state index in [1.54, 1.807) is 0 Å². The van der Waals surface area contributed by atoms with Gasteiger partial charge in [0.15, 0.2) is 0 Å². The van der Waals surface area contributed by atoms with E-state index in [1.807, 2.05) is 29.2 Å². The standard InChI is InChI=1S/C20H24ClN3O/c1-16-5-4-6-17(13-16)15-23-9-11-24(12-10-23)20(25)22-14-18-7-2-3-8-19(18)21/h2-8,13H,9-12,14-15H2,1H3,(H,22,25). The first-order valence-corrected chi connectivity index (χ1v) is 9.04. The molecule has 2 aromatic carbocycles. The van der Waals surface area contributed by atoms with Gasteiger partial charge < -0.3 is 10.2 Å². The molecule has 5 heteroatoms. The fourth-order valence-electron chi connectivity index (χ4n) is 3.10. The topological polar surface area (TPSA) is 35.6 Å². The number of carbonyl (C=O) groups excluding carboxylic acids is 1. The predicted molar refractivity (Wildman–Crippen MR) is 102 cm³/mol. The number of halogens is 1. The second-order valence-corrected chi connectivity index (χ2v) is 6.91. The lowest BCUT2D eigenvalue weighted by molar-refractivity contribution is 0.135. The molecule has 1 N–H and O–H groups in total. The fourth-order valence-corrected chi connectivity index (χ4v) is 3.30. The molecule has 1 saturated heterocycles. The zero-order chi connectivity index (χ0) is 17.6. The van der Waals surface area contributed by atoms with Crippen LogP contribution in [0.2, 0.25) is 5.02 Å². The zero-order valence-electron chi connectivity index (χ0n) is 14.5. The van der Waals surface area contributed by atoms with Crippen LogP contribution in [0.5, 0.6) is 0 Å². The summed E-state index contributed by atoms with van der Waals surface area (Å²) >= 11 is 6.13. The van der Waals surface area contributed by atoms with Crippen LogP contribution in [-0.2, 0) is 13.1 Å². The zero-order valence-corrected chi connectivity index (χ0v) is 15.3. The van der Waals surface area contributed by atoms with Crippen LogP contribution in [0.25, 0.3) is 0 Å². The van der Waals surface area contributed by atoms with Crippen molar-refractivity contribution in [2.75, 3.05) is 26.2 Å². The van der Waals surface area contributed by atoms with Gasteiger partial charge in [0.05, 0.1) is 0 Å². The summed E-state index contributed by atoms with van der Waals surface area (Å²) in [4.78, 5) is 16.6. The largest absolute Gasteiger partial charge is 0.334 e. The molecular weight excluding hydrogens is 334 g/mol. The Kier molecular flexibility index (Phi) is 5.95. The third kappa shape index (κ3) is 4.97. The SMILES string of the molecule is Cc1cccc(CN2CCN(C(=O)NCc3ccccc3Cl)CC2)c1. The molecule has 2 amide bonds. The van der Waals surface area contributed by atoms with Gasteiger partial charge >= 0.3 is 6.03 Å².